The molecule has 2 rings (SSSR count). The third kappa shape index (κ3) is 3.40. The highest BCUT2D eigenvalue weighted by Gasteiger charge is 2.22. The molecular weight excluding hydrogens is 296 g/mol. The van der Waals surface area contributed by atoms with E-state index in [2.05, 4.69) is 26.6 Å². The zero-order chi connectivity index (χ0) is 13.0. The van der Waals surface area contributed by atoms with Crippen LogP contribution in [-0.4, -0.2) is 24.9 Å². The fourth-order valence-corrected chi connectivity index (χ4v) is 2.24. The van der Waals surface area contributed by atoms with Crippen molar-refractivity contribution in [2.24, 2.45) is 5.92 Å². The van der Waals surface area contributed by atoms with Gasteiger partial charge in [0.25, 0.3) is 5.91 Å². The lowest BCUT2D eigenvalue weighted by Gasteiger charge is -2.21. The number of rotatable bonds is 2. The van der Waals surface area contributed by atoms with Gasteiger partial charge >= 0.3 is 0 Å². The van der Waals surface area contributed by atoms with Crippen LogP contribution in [0.5, 0.6) is 0 Å². The fourth-order valence-electron chi connectivity index (χ4n) is 1.97. The van der Waals surface area contributed by atoms with Crippen molar-refractivity contribution >= 4 is 27.7 Å². The lowest BCUT2D eigenvalue weighted by atomic mass is 9.97. The van der Waals surface area contributed by atoms with Gasteiger partial charge in [0.1, 0.15) is 0 Å². The summed E-state index contributed by atoms with van der Waals surface area (Å²) in [6, 6.07) is 6.94. The van der Waals surface area contributed by atoms with Gasteiger partial charge in [-0.15, -0.1) is 0 Å². The van der Waals surface area contributed by atoms with Crippen molar-refractivity contribution in [2.45, 2.75) is 12.8 Å². The summed E-state index contributed by atoms with van der Waals surface area (Å²) in [7, 11) is 0. The van der Waals surface area contributed by atoms with Crippen LogP contribution in [0.2, 0.25) is 0 Å². The first-order valence-electron chi connectivity index (χ1n) is 5.98. The Labute approximate surface area is 114 Å². The lowest BCUT2D eigenvalue weighted by Crippen LogP contribution is -2.40. The first-order valence-corrected chi connectivity index (χ1v) is 6.77. The number of carbonyl (C=O) groups excluding carboxylic acids is 2. The van der Waals surface area contributed by atoms with E-state index in [1.54, 1.807) is 24.3 Å². The number of imide groups is 1. The van der Waals surface area contributed by atoms with Gasteiger partial charge in [-0.05, 0) is 50.2 Å². The highest BCUT2D eigenvalue weighted by molar-refractivity contribution is 9.10. The van der Waals surface area contributed by atoms with Crippen LogP contribution in [-0.2, 0) is 4.79 Å². The molecule has 1 aliphatic rings. The molecule has 2 amide bonds. The normalized spacial score (nSPS) is 16.3. The van der Waals surface area contributed by atoms with E-state index in [9.17, 15) is 9.59 Å². The molecule has 0 saturated carbocycles. The van der Waals surface area contributed by atoms with Crippen molar-refractivity contribution in [3.63, 3.8) is 0 Å². The first-order chi connectivity index (χ1) is 8.66. The lowest BCUT2D eigenvalue weighted by molar-refractivity contribution is -0.124. The van der Waals surface area contributed by atoms with Crippen molar-refractivity contribution in [3.8, 4) is 0 Å². The minimum absolute atomic E-state index is 0.0503. The summed E-state index contributed by atoms with van der Waals surface area (Å²) in [6.45, 7) is 1.68. The summed E-state index contributed by atoms with van der Waals surface area (Å²) >= 11 is 3.30. The second kappa shape index (κ2) is 6.11. The molecule has 0 aromatic heterocycles. The number of hydrogen-bond donors (Lipinski definition) is 2. The summed E-state index contributed by atoms with van der Waals surface area (Å²) in [5.41, 5.74) is 0.500. The Hall–Kier alpha value is -1.20. The Morgan fingerprint density at radius 1 is 1.17 bits per heavy atom. The smallest absolute Gasteiger partial charge is 0.257 e. The topological polar surface area (TPSA) is 58.2 Å². The van der Waals surface area contributed by atoms with E-state index >= 15 is 0 Å². The third-order valence-electron chi connectivity index (χ3n) is 3.05. The summed E-state index contributed by atoms with van der Waals surface area (Å²) in [4.78, 5) is 23.7. The number of halogens is 1. The van der Waals surface area contributed by atoms with E-state index in [0.717, 1.165) is 30.4 Å². The van der Waals surface area contributed by atoms with Gasteiger partial charge in [0.05, 0.1) is 0 Å². The maximum atomic E-state index is 11.9. The molecule has 1 fully saturated rings. The Bertz CT molecular complexity index is 439. The molecule has 0 spiro atoms. The van der Waals surface area contributed by atoms with Gasteiger partial charge in [0.15, 0.2) is 0 Å². The Balaban J connectivity index is 1.94. The molecule has 0 unspecified atom stereocenters. The average molecular weight is 311 g/mol. The molecule has 1 saturated heterocycles. The Morgan fingerprint density at radius 2 is 1.78 bits per heavy atom. The average Bonchev–Trinajstić information content (AvgIpc) is 2.40. The molecule has 1 heterocycles. The van der Waals surface area contributed by atoms with E-state index in [1.807, 2.05) is 0 Å². The zero-order valence-corrected chi connectivity index (χ0v) is 11.5. The van der Waals surface area contributed by atoms with E-state index in [4.69, 9.17) is 0 Å². The van der Waals surface area contributed by atoms with Crippen LogP contribution in [0.15, 0.2) is 28.7 Å². The van der Waals surface area contributed by atoms with Crippen LogP contribution >= 0.6 is 15.9 Å². The largest absolute Gasteiger partial charge is 0.317 e. The molecule has 0 aliphatic carbocycles. The van der Waals surface area contributed by atoms with Crippen molar-refractivity contribution in [2.75, 3.05) is 13.1 Å². The van der Waals surface area contributed by atoms with Crippen molar-refractivity contribution < 1.29 is 9.59 Å². The third-order valence-corrected chi connectivity index (χ3v) is 3.58. The number of nitrogens with one attached hydrogen (secondary N) is 2. The predicted molar refractivity (Wildman–Crippen MR) is 72.2 cm³/mol. The molecule has 2 N–H and O–H groups in total. The molecule has 1 aromatic rings. The van der Waals surface area contributed by atoms with E-state index < -0.39 is 0 Å². The summed E-state index contributed by atoms with van der Waals surface area (Å²) in [6.07, 6.45) is 1.58. The van der Waals surface area contributed by atoms with Crippen LogP contribution in [0.3, 0.4) is 0 Å². The van der Waals surface area contributed by atoms with Gasteiger partial charge in [-0.25, -0.2) is 0 Å². The molecule has 0 bridgehead atoms. The van der Waals surface area contributed by atoms with Crippen LogP contribution < -0.4 is 10.6 Å². The van der Waals surface area contributed by atoms with Gasteiger partial charge in [0.2, 0.25) is 5.91 Å². The Morgan fingerprint density at radius 3 is 2.39 bits per heavy atom. The fraction of sp³-hybridized carbons (Fsp3) is 0.385. The summed E-state index contributed by atoms with van der Waals surface area (Å²) in [5, 5.41) is 5.66. The Kier molecular flexibility index (Phi) is 4.49. The highest BCUT2D eigenvalue weighted by atomic mass is 79.9. The van der Waals surface area contributed by atoms with Crippen molar-refractivity contribution in [3.05, 3.63) is 34.3 Å². The zero-order valence-electron chi connectivity index (χ0n) is 9.91. The number of benzene rings is 1. The molecule has 5 heteroatoms. The monoisotopic (exact) mass is 310 g/mol. The van der Waals surface area contributed by atoms with Crippen molar-refractivity contribution in [1.82, 2.24) is 10.6 Å². The molecular formula is C13H15BrN2O2. The molecule has 4 nitrogen and oxygen atoms in total. The first kappa shape index (κ1) is 13.2. The predicted octanol–water partition coefficient (Wildman–Crippen LogP) is 1.71. The molecule has 0 radical (unpaired) electrons. The standard InChI is InChI=1S/C13H15BrN2O2/c14-11-3-1-9(2-4-11)12(17)16-13(18)10-5-7-15-8-6-10/h1-4,10,15H,5-8H2,(H,16,17,18). The molecule has 18 heavy (non-hydrogen) atoms. The van der Waals surface area contributed by atoms with Gasteiger partial charge in [-0.1, -0.05) is 15.9 Å². The summed E-state index contributed by atoms with van der Waals surface area (Å²) < 4.78 is 0.906. The quantitative estimate of drug-likeness (QED) is 0.818. The van der Waals surface area contributed by atoms with E-state index in [0.29, 0.717) is 5.56 Å². The minimum atomic E-state index is -0.328. The number of carbonyl (C=O) groups is 2. The summed E-state index contributed by atoms with van der Waals surface area (Å²) in [5.74, 6) is -0.541. The van der Waals surface area contributed by atoms with Gasteiger partial charge < -0.3 is 5.32 Å². The molecule has 1 aliphatic heterocycles. The van der Waals surface area contributed by atoms with E-state index in [-0.39, 0.29) is 17.7 Å². The van der Waals surface area contributed by atoms with Crippen LogP contribution in [0, 0.1) is 5.92 Å². The van der Waals surface area contributed by atoms with E-state index in [1.165, 1.54) is 0 Å². The minimum Gasteiger partial charge on any atom is -0.317 e. The number of amides is 2. The van der Waals surface area contributed by atoms with Crippen LogP contribution in [0.4, 0.5) is 0 Å². The van der Waals surface area contributed by atoms with Gasteiger partial charge in [-0.2, -0.15) is 0 Å². The second-order valence-corrected chi connectivity index (χ2v) is 5.27. The van der Waals surface area contributed by atoms with Gasteiger partial charge in [0, 0.05) is 16.0 Å². The molecule has 0 atom stereocenters. The SMILES string of the molecule is O=C(NC(=O)C1CCNCC1)c1ccc(Br)cc1. The van der Waals surface area contributed by atoms with Crippen LogP contribution in [0.25, 0.3) is 0 Å². The van der Waals surface area contributed by atoms with Crippen molar-refractivity contribution in [1.29, 1.82) is 0 Å². The maximum absolute atomic E-state index is 11.9. The van der Waals surface area contributed by atoms with Crippen LogP contribution in [0.1, 0.15) is 23.2 Å². The maximum Gasteiger partial charge on any atom is 0.257 e. The molecule has 96 valence electrons. The van der Waals surface area contributed by atoms with Gasteiger partial charge in [-0.3, -0.25) is 14.9 Å². The number of hydrogen-bond acceptors (Lipinski definition) is 3. The second-order valence-electron chi connectivity index (χ2n) is 4.35. The number of piperidine rings is 1. The highest BCUT2D eigenvalue weighted by Crippen LogP contribution is 2.13. The molecule has 1 aromatic carbocycles.